The van der Waals surface area contributed by atoms with Crippen molar-refractivity contribution < 1.29 is 0 Å². The summed E-state index contributed by atoms with van der Waals surface area (Å²) in [6.07, 6.45) is 2.84. The maximum absolute atomic E-state index is 6.49. The van der Waals surface area contributed by atoms with E-state index < -0.39 is 0 Å². The summed E-state index contributed by atoms with van der Waals surface area (Å²) in [5.74, 6) is 1.04. The fourth-order valence-corrected chi connectivity index (χ4v) is 3.00. The van der Waals surface area contributed by atoms with E-state index in [4.69, 9.17) is 5.73 Å². The molecule has 5 nitrogen and oxygen atoms in total. The van der Waals surface area contributed by atoms with Gasteiger partial charge in [0.15, 0.2) is 0 Å². The summed E-state index contributed by atoms with van der Waals surface area (Å²) in [4.78, 5) is 2.43. The van der Waals surface area contributed by atoms with Crippen molar-refractivity contribution in [2.45, 2.75) is 38.5 Å². The van der Waals surface area contributed by atoms with E-state index in [2.05, 4.69) is 50.9 Å². The fourth-order valence-electron chi connectivity index (χ4n) is 3.00. The average Bonchev–Trinajstić information content (AvgIpc) is 2.96. The smallest absolute Gasteiger partial charge is 0.147 e. The number of hydrogen-bond donors (Lipinski definition) is 1. The predicted molar refractivity (Wildman–Crippen MR) is 77.9 cm³/mol. The Hall–Kier alpha value is -1.72. The number of aromatic nitrogens is 3. The van der Waals surface area contributed by atoms with Crippen molar-refractivity contribution >= 4 is 0 Å². The van der Waals surface area contributed by atoms with Gasteiger partial charge in [-0.25, -0.2) is 0 Å². The van der Waals surface area contributed by atoms with Crippen molar-refractivity contribution in [1.29, 1.82) is 0 Å². The molecular weight excluding hydrogens is 250 g/mol. The standard InChI is InChI=1S/C15H21N5/c1-2-13(15(16)12-6-4-3-5-7-12)19-8-9-20-11-17-18-14(20)10-19/h3-7,11,13,15H,2,8-10,16H2,1H3. The lowest BCUT2D eigenvalue weighted by Gasteiger charge is -2.37. The average molecular weight is 271 g/mol. The molecule has 2 heterocycles. The maximum Gasteiger partial charge on any atom is 0.147 e. The Morgan fingerprint density at radius 2 is 2.05 bits per heavy atom. The zero-order valence-electron chi connectivity index (χ0n) is 11.8. The fraction of sp³-hybridized carbons (Fsp3) is 0.467. The van der Waals surface area contributed by atoms with E-state index in [1.54, 1.807) is 0 Å². The highest BCUT2D eigenvalue weighted by Crippen LogP contribution is 2.24. The Morgan fingerprint density at radius 1 is 1.25 bits per heavy atom. The van der Waals surface area contributed by atoms with Crippen LogP contribution in [0, 0.1) is 0 Å². The van der Waals surface area contributed by atoms with Gasteiger partial charge in [-0.1, -0.05) is 37.3 Å². The molecule has 1 aromatic carbocycles. The molecule has 0 amide bonds. The summed E-state index contributed by atoms with van der Waals surface area (Å²) in [6, 6.07) is 10.7. The van der Waals surface area contributed by atoms with Crippen molar-refractivity contribution in [2.75, 3.05) is 6.54 Å². The van der Waals surface area contributed by atoms with Gasteiger partial charge in [-0.15, -0.1) is 10.2 Å². The van der Waals surface area contributed by atoms with Crippen molar-refractivity contribution in [1.82, 2.24) is 19.7 Å². The molecule has 1 aromatic heterocycles. The van der Waals surface area contributed by atoms with Gasteiger partial charge < -0.3 is 10.3 Å². The van der Waals surface area contributed by atoms with Crippen LogP contribution in [0.3, 0.4) is 0 Å². The molecule has 0 fully saturated rings. The van der Waals surface area contributed by atoms with E-state index in [1.165, 1.54) is 5.56 Å². The third-order valence-electron chi connectivity index (χ3n) is 4.15. The lowest BCUT2D eigenvalue weighted by molar-refractivity contribution is 0.128. The molecule has 2 N–H and O–H groups in total. The Morgan fingerprint density at radius 3 is 2.80 bits per heavy atom. The van der Waals surface area contributed by atoms with Gasteiger partial charge in [0.25, 0.3) is 0 Å². The molecule has 2 atom stereocenters. The first-order chi connectivity index (χ1) is 9.79. The summed E-state index contributed by atoms with van der Waals surface area (Å²) in [5, 5.41) is 8.17. The van der Waals surface area contributed by atoms with Gasteiger partial charge in [0.05, 0.1) is 6.54 Å². The Bertz CT molecular complexity index is 550. The molecule has 20 heavy (non-hydrogen) atoms. The van der Waals surface area contributed by atoms with Crippen LogP contribution in [0.5, 0.6) is 0 Å². The lowest BCUT2D eigenvalue weighted by Crippen LogP contribution is -2.46. The molecule has 0 aliphatic carbocycles. The zero-order valence-corrected chi connectivity index (χ0v) is 11.8. The SMILES string of the molecule is CCC(C(N)c1ccccc1)N1CCn2cnnc2C1. The predicted octanol–water partition coefficient (Wildman–Crippen LogP) is 1.57. The van der Waals surface area contributed by atoms with Crippen LogP contribution in [0.4, 0.5) is 0 Å². The number of hydrogen-bond acceptors (Lipinski definition) is 4. The maximum atomic E-state index is 6.49. The monoisotopic (exact) mass is 271 g/mol. The second-order valence-corrected chi connectivity index (χ2v) is 5.32. The number of benzene rings is 1. The quantitative estimate of drug-likeness (QED) is 0.917. The topological polar surface area (TPSA) is 60.0 Å². The zero-order chi connectivity index (χ0) is 13.9. The number of rotatable bonds is 4. The normalized spacial score (nSPS) is 18.5. The molecule has 0 saturated heterocycles. The Balaban J connectivity index is 1.77. The molecule has 106 valence electrons. The molecule has 1 aliphatic rings. The van der Waals surface area contributed by atoms with Crippen LogP contribution in [0.15, 0.2) is 36.7 Å². The van der Waals surface area contributed by atoms with E-state index >= 15 is 0 Å². The summed E-state index contributed by atoms with van der Waals surface area (Å²) in [6.45, 7) is 4.98. The van der Waals surface area contributed by atoms with Gasteiger partial charge in [-0.2, -0.15) is 0 Å². The van der Waals surface area contributed by atoms with Gasteiger partial charge in [-0.3, -0.25) is 4.90 Å². The number of nitrogens with two attached hydrogens (primary N) is 1. The molecule has 2 aromatic rings. The minimum atomic E-state index is 0.0377. The molecule has 2 unspecified atom stereocenters. The molecule has 5 heteroatoms. The van der Waals surface area contributed by atoms with E-state index in [0.717, 1.165) is 31.9 Å². The van der Waals surface area contributed by atoms with Gasteiger partial charge in [0, 0.05) is 25.2 Å². The van der Waals surface area contributed by atoms with Crippen LogP contribution in [0.25, 0.3) is 0 Å². The molecule has 0 saturated carbocycles. The van der Waals surface area contributed by atoms with Crippen LogP contribution in [-0.4, -0.2) is 32.3 Å². The van der Waals surface area contributed by atoms with Crippen LogP contribution in [0.2, 0.25) is 0 Å². The number of nitrogens with zero attached hydrogens (tertiary/aromatic N) is 4. The highest BCUT2D eigenvalue weighted by Gasteiger charge is 2.28. The first-order valence-corrected chi connectivity index (χ1v) is 7.21. The molecule has 1 aliphatic heterocycles. The van der Waals surface area contributed by atoms with Crippen LogP contribution >= 0.6 is 0 Å². The van der Waals surface area contributed by atoms with Crippen molar-refractivity contribution in [3.8, 4) is 0 Å². The van der Waals surface area contributed by atoms with E-state index in [-0.39, 0.29) is 6.04 Å². The molecule has 3 rings (SSSR count). The van der Waals surface area contributed by atoms with Crippen LogP contribution in [0.1, 0.15) is 30.8 Å². The summed E-state index contributed by atoms with van der Waals surface area (Å²) in [5.41, 5.74) is 7.69. The van der Waals surface area contributed by atoms with E-state index in [9.17, 15) is 0 Å². The van der Waals surface area contributed by atoms with Gasteiger partial charge in [-0.05, 0) is 12.0 Å². The molecule has 0 radical (unpaired) electrons. The van der Waals surface area contributed by atoms with Crippen molar-refractivity contribution in [2.24, 2.45) is 5.73 Å². The lowest BCUT2D eigenvalue weighted by atomic mass is 9.96. The first kappa shape index (κ1) is 13.3. The van der Waals surface area contributed by atoms with Gasteiger partial charge in [0.2, 0.25) is 0 Å². The molecule has 0 bridgehead atoms. The third kappa shape index (κ3) is 2.46. The third-order valence-corrected chi connectivity index (χ3v) is 4.15. The van der Waals surface area contributed by atoms with Crippen LogP contribution in [-0.2, 0) is 13.1 Å². The van der Waals surface area contributed by atoms with E-state index in [1.807, 2.05) is 12.4 Å². The van der Waals surface area contributed by atoms with Crippen molar-refractivity contribution in [3.63, 3.8) is 0 Å². The highest BCUT2D eigenvalue weighted by atomic mass is 15.3. The number of fused-ring (bicyclic) bond motifs is 1. The van der Waals surface area contributed by atoms with Crippen molar-refractivity contribution in [3.05, 3.63) is 48.0 Å². The summed E-state index contributed by atoms with van der Waals surface area (Å²) in [7, 11) is 0. The minimum Gasteiger partial charge on any atom is -0.323 e. The minimum absolute atomic E-state index is 0.0377. The second kappa shape index (κ2) is 5.73. The highest BCUT2D eigenvalue weighted by molar-refractivity contribution is 5.20. The van der Waals surface area contributed by atoms with Crippen LogP contribution < -0.4 is 5.73 Å². The van der Waals surface area contributed by atoms with E-state index in [0.29, 0.717) is 6.04 Å². The Kier molecular flexibility index (Phi) is 3.80. The summed E-state index contributed by atoms with van der Waals surface area (Å²) < 4.78 is 2.12. The molecule has 0 spiro atoms. The summed E-state index contributed by atoms with van der Waals surface area (Å²) >= 11 is 0. The van der Waals surface area contributed by atoms with Gasteiger partial charge in [0.1, 0.15) is 12.2 Å². The second-order valence-electron chi connectivity index (χ2n) is 5.32. The molecular formula is C15H21N5. The largest absolute Gasteiger partial charge is 0.323 e. The van der Waals surface area contributed by atoms with Gasteiger partial charge >= 0.3 is 0 Å². The first-order valence-electron chi connectivity index (χ1n) is 7.21. The Labute approximate surface area is 119 Å².